The van der Waals surface area contributed by atoms with E-state index in [0.29, 0.717) is 152 Å². The number of hydrogen-bond donors (Lipinski definition) is 6. The number of sulfonamides is 4. The highest BCUT2D eigenvalue weighted by Gasteiger charge is 2.31. The van der Waals surface area contributed by atoms with Crippen LogP contribution in [0.5, 0.6) is 0 Å². The monoisotopic (exact) mass is 1940 g/mol. The van der Waals surface area contributed by atoms with Crippen molar-refractivity contribution in [3.8, 4) is 11.1 Å². The number of carbonyl (C=O) groups excluding carboxylic acids is 5. The highest BCUT2D eigenvalue weighted by molar-refractivity contribution is 7.93. The fourth-order valence-corrected chi connectivity index (χ4v) is 23.4. The maximum atomic E-state index is 13.0. The van der Waals surface area contributed by atoms with Gasteiger partial charge in [0, 0.05) is 146 Å². The Balaban J connectivity index is 0.000000143. The molecule has 4 fully saturated rings. The van der Waals surface area contributed by atoms with E-state index in [4.69, 9.17) is 57.1 Å². The van der Waals surface area contributed by atoms with Crippen LogP contribution in [0.2, 0.25) is 20.1 Å². The van der Waals surface area contributed by atoms with E-state index in [1.165, 1.54) is 29.4 Å². The zero-order chi connectivity index (χ0) is 94.3. The first-order valence-electron chi connectivity index (χ1n) is 43.6. The smallest absolute Gasteiger partial charge is 0.257 e. The molecule has 133 heavy (non-hydrogen) atoms. The van der Waals surface area contributed by atoms with Gasteiger partial charge in [-0.2, -0.15) is 0 Å². The van der Waals surface area contributed by atoms with Gasteiger partial charge in [0.25, 0.3) is 29.5 Å². The molecule has 0 atom stereocenters. The Kier molecular flexibility index (Phi) is 31.4. The van der Waals surface area contributed by atoms with Crippen molar-refractivity contribution in [2.45, 2.75) is 90.4 Å². The summed E-state index contributed by atoms with van der Waals surface area (Å²) in [5.41, 5.74) is 21.2. The van der Waals surface area contributed by atoms with Crippen molar-refractivity contribution in [3.05, 3.63) is 319 Å². The third-order valence-corrected chi connectivity index (χ3v) is 31.9. The Morgan fingerprint density at radius 1 is 0.361 bits per heavy atom. The topological polar surface area (TPSA) is 337 Å². The molecule has 0 saturated carbocycles. The largest absolute Gasteiger partial charge is 0.398 e. The van der Waals surface area contributed by atoms with Crippen molar-refractivity contribution in [2.24, 2.45) is 4.99 Å². The van der Waals surface area contributed by atoms with Crippen LogP contribution in [0, 0.1) is 6.92 Å². The number of benzene rings is 12. The normalized spacial score (nSPS) is 15.9. The first kappa shape index (κ1) is 96.7. The van der Waals surface area contributed by atoms with Crippen LogP contribution in [-0.2, 0) is 46.5 Å². The minimum atomic E-state index is -3.42. The molecule has 5 aliphatic heterocycles. The third kappa shape index (κ3) is 24.4. The van der Waals surface area contributed by atoms with E-state index in [1.54, 1.807) is 146 Å². The summed E-state index contributed by atoms with van der Waals surface area (Å²) in [6, 6.07) is 74.3. The molecule has 5 aliphatic rings. The molecule has 0 aliphatic carbocycles. The van der Waals surface area contributed by atoms with Crippen molar-refractivity contribution in [2.75, 3.05) is 118 Å². The molecular formula is C100H100Cl4N12O13S4. The summed E-state index contributed by atoms with van der Waals surface area (Å²) in [4.78, 5) is 70.8. The molecule has 33 heteroatoms. The lowest BCUT2D eigenvalue weighted by molar-refractivity contribution is 0.101. The molecule has 17 rings (SSSR count). The first-order valence-corrected chi connectivity index (χ1v) is 51.5. The van der Waals surface area contributed by atoms with Crippen LogP contribution < -0.4 is 54.4 Å². The van der Waals surface area contributed by atoms with Crippen molar-refractivity contribution in [3.63, 3.8) is 0 Å². The van der Waals surface area contributed by atoms with E-state index in [9.17, 15) is 57.6 Å². The number of fused-ring (bicyclic) bond motifs is 2. The molecule has 0 spiro atoms. The summed E-state index contributed by atoms with van der Waals surface area (Å²) in [5, 5.41) is 17.9. The molecule has 0 bridgehead atoms. The summed E-state index contributed by atoms with van der Waals surface area (Å²) >= 11 is 25.3. The van der Waals surface area contributed by atoms with Gasteiger partial charge in [0.1, 0.15) is 0 Å². The number of rotatable bonds is 17. The van der Waals surface area contributed by atoms with Gasteiger partial charge < -0.3 is 37.2 Å². The number of para-hydroxylation sites is 1. The number of hydrogen-bond acceptors (Lipinski definition) is 16. The molecule has 25 nitrogen and oxygen atoms in total. The lowest BCUT2D eigenvalue weighted by Crippen LogP contribution is -2.32. The summed E-state index contributed by atoms with van der Waals surface area (Å²) in [6.45, 7) is 3.64. The highest BCUT2D eigenvalue weighted by atomic mass is 35.5. The molecule has 12 aromatic rings. The minimum absolute atomic E-state index is 0.0937. The van der Waals surface area contributed by atoms with E-state index >= 15 is 0 Å². The third-order valence-electron chi connectivity index (χ3n) is 23.2. The Bertz CT molecular complexity index is 6880. The minimum Gasteiger partial charge on any atom is -0.398 e. The Morgan fingerprint density at radius 3 is 1.29 bits per heavy atom. The number of amides is 5. The van der Waals surface area contributed by atoms with Crippen molar-refractivity contribution in [1.82, 2.24) is 0 Å². The predicted molar refractivity (Wildman–Crippen MR) is 540 cm³/mol. The zero-order valence-corrected chi connectivity index (χ0v) is 79.6. The molecule has 4 saturated heterocycles. The molecule has 12 aromatic carbocycles. The van der Waals surface area contributed by atoms with E-state index in [1.807, 2.05) is 123 Å². The molecular weight excluding hydrogens is 1850 g/mol. The average Bonchev–Trinajstić information content (AvgIpc) is 1.70. The second-order valence-electron chi connectivity index (χ2n) is 32.9. The van der Waals surface area contributed by atoms with Gasteiger partial charge in [-0.05, 0) is 263 Å². The Morgan fingerprint density at radius 2 is 0.789 bits per heavy atom. The molecule has 0 radical (unpaired) electrons. The van der Waals surface area contributed by atoms with Crippen LogP contribution in [0.25, 0.3) is 21.9 Å². The quantitative estimate of drug-likeness (QED) is 0.0461. The van der Waals surface area contributed by atoms with E-state index in [2.05, 4.69) is 26.6 Å². The standard InChI is InChI=1S/C26H25Cl2N3O4S.C26H24ClN3O3S.C26H28ClN3O3S.C22H23N3O3S/c1-17-8-9-20(15-24(17)30-25(32)18-6-5-7-19(27)14-18)29-26(33)22-11-10-21(16-23(22)28)31-12-3-2-4-13-36(31,34)35;27-23-13-10-20(17-22(23)25-16-19-6-2-3-7-24(19)29-25)28-26(31)18-8-11-21(12-9-18)30-14-4-1-5-15-34(30,32)33;1-29(2)22-11-6-19(7-12-22)24-18-21(10-15-25(24)27)28-26(31)20-8-13-23(14-9-20)30-16-4-3-5-17-34(30,32)33;23-20-8-4-7-19-18(20)6-5-9-21(19)24-22(26)16-10-12-17(13-11-16)25-14-2-1-3-15-29(25,27)28/h5-11,14-16H,2-4,12-13H2,1H3,(H,29,33)(H,30,32);2-3,6-13,17H,1,4-5,14-16H2,(H,28,31);6-15,18H,3-5,16-17H2,1-2H3,(H,28,31);4-13H,1-3,14-15,23H2,(H,24,26). The second kappa shape index (κ2) is 43.1. The SMILES string of the molecule is CN(C)c1ccc(-c2cc(NC(=O)c3ccc(N4CCCCCS4(=O)=O)cc3)ccc2Cl)cc1.Cc1ccc(NC(=O)c2ccc(N3CCCCCS3(=O)=O)cc2Cl)cc1NC(=O)c1cccc(Cl)c1.Nc1cccc2c(NC(=O)c3ccc(N4CCCCCS4(=O)=O)cc3)cccc12.O=C(Nc1ccc(Cl)c(C2=Nc3ccccc3C2)c1)c1ccc(N2CCCCCS2(=O)=O)cc1. The van der Waals surface area contributed by atoms with Crippen LogP contribution in [0.3, 0.4) is 0 Å². The number of nitrogen functional groups attached to an aromatic ring is 1. The summed E-state index contributed by atoms with van der Waals surface area (Å²) in [5.74, 6) is -1.03. The van der Waals surface area contributed by atoms with E-state index in [-0.39, 0.29) is 57.2 Å². The number of aliphatic imine (C=N–C) groups is 1. The number of anilines is 11. The average molecular weight is 1950 g/mol. The maximum absolute atomic E-state index is 13.0. The Hall–Kier alpha value is -12.3. The van der Waals surface area contributed by atoms with Gasteiger partial charge in [-0.15, -0.1) is 0 Å². The Labute approximate surface area is 795 Å². The molecule has 0 aromatic heterocycles. The lowest BCUT2D eigenvalue weighted by Gasteiger charge is -2.22. The van der Waals surface area contributed by atoms with Crippen molar-refractivity contribution >= 4 is 201 Å². The lowest BCUT2D eigenvalue weighted by atomic mass is 10.0. The number of nitrogens with zero attached hydrogens (tertiary/aromatic N) is 6. The van der Waals surface area contributed by atoms with Crippen LogP contribution in [0.4, 0.5) is 68.2 Å². The van der Waals surface area contributed by atoms with Gasteiger partial charge in [-0.1, -0.05) is 139 Å². The van der Waals surface area contributed by atoms with Crippen molar-refractivity contribution in [1.29, 1.82) is 0 Å². The number of nitrogens with two attached hydrogens (primary N) is 1. The summed E-state index contributed by atoms with van der Waals surface area (Å²) < 4.78 is 106. The fraction of sp³-hybridized carbons (Fsp3) is 0.240. The van der Waals surface area contributed by atoms with Crippen LogP contribution in [0.1, 0.15) is 146 Å². The molecule has 0 unspecified atom stereocenters. The van der Waals surface area contributed by atoms with Crippen LogP contribution in [0.15, 0.2) is 260 Å². The van der Waals surface area contributed by atoms with Gasteiger partial charge in [-0.25, -0.2) is 33.7 Å². The molecule has 690 valence electrons. The highest BCUT2D eigenvalue weighted by Crippen LogP contribution is 2.38. The van der Waals surface area contributed by atoms with Crippen LogP contribution >= 0.6 is 46.4 Å². The van der Waals surface area contributed by atoms with Gasteiger partial charge in [0.05, 0.1) is 67.7 Å². The number of carbonyl (C=O) groups is 5. The second-order valence-corrected chi connectivity index (χ2v) is 42.6. The number of aryl methyl sites for hydroxylation is 1. The van der Waals surface area contributed by atoms with Crippen LogP contribution in [-0.4, -0.2) is 132 Å². The van der Waals surface area contributed by atoms with E-state index < -0.39 is 46.0 Å². The van der Waals surface area contributed by atoms with Crippen molar-refractivity contribution < 1.29 is 57.6 Å². The van der Waals surface area contributed by atoms with Gasteiger partial charge >= 0.3 is 0 Å². The number of nitrogens with one attached hydrogen (secondary N) is 5. The predicted octanol–water partition coefficient (Wildman–Crippen LogP) is 21.4. The van der Waals surface area contributed by atoms with Gasteiger partial charge in [0.15, 0.2) is 0 Å². The molecule has 5 heterocycles. The fourth-order valence-electron chi connectivity index (χ4n) is 16.0. The van der Waals surface area contributed by atoms with Gasteiger partial charge in [0.2, 0.25) is 40.1 Å². The maximum Gasteiger partial charge on any atom is 0.257 e. The van der Waals surface area contributed by atoms with Gasteiger partial charge in [-0.3, -0.25) is 46.2 Å². The molecule has 7 N–H and O–H groups in total. The first-order chi connectivity index (χ1) is 63.7. The molecule has 5 amide bonds. The zero-order valence-electron chi connectivity index (χ0n) is 73.3. The summed E-state index contributed by atoms with van der Waals surface area (Å²) in [6.07, 6.45) is 10.2. The number of halogens is 4. The van der Waals surface area contributed by atoms with E-state index in [0.717, 1.165) is 107 Å². The summed E-state index contributed by atoms with van der Waals surface area (Å²) in [7, 11) is -9.40.